The molecule has 0 aliphatic carbocycles. The van der Waals surface area contributed by atoms with Gasteiger partial charge in [0.1, 0.15) is 5.75 Å². The Labute approximate surface area is 138 Å². The summed E-state index contributed by atoms with van der Waals surface area (Å²) in [7, 11) is -2.23. The Kier molecular flexibility index (Phi) is 5.28. The predicted octanol–water partition coefficient (Wildman–Crippen LogP) is 3.31. The van der Waals surface area contributed by atoms with Gasteiger partial charge in [-0.15, -0.1) is 0 Å². The van der Waals surface area contributed by atoms with Gasteiger partial charge in [0.05, 0.1) is 28.3 Å². The van der Waals surface area contributed by atoms with Gasteiger partial charge in [-0.1, -0.05) is 23.2 Å². The Morgan fingerprint density at radius 3 is 2.36 bits per heavy atom. The molecule has 0 unspecified atom stereocenters. The van der Waals surface area contributed by atoms with Crippen molar-refractivity contribution in [3.8, 4) is 5.75 Å². The summed E-state index contributed by atoms with van der Waals surface area (Å²) in [6.45, 7) is 0. The van der Waals surface area contributed by atoms with Crippen molar-refractivity contribution in [3.63, 3.8) is 0 Å². The molecule has 0 saturated carbocycles. The van der Waals surface area contributed by atoms with Crippen LogP contribution in [0.3, 0.4) is 0 Å². The van der Waals surface area contributed by atoms with Gasteiger partial charge >= 0.3 is 0 Å². The number of sulfonamides is 1. The molecule has 116 valence electrons. The molecule has 8 heteroatoms. The number of hydrogen-bond donors (Lipinski definition) is 1. The fourth-order valence-corrected chi connectivity index (χ4v) is 2.74. The first kappa shape index (κ1) is 16.6. The van der Waals surface area contributed by atoms with Gasteiger partial charge < -0.3 is 4.74 Å². The Balaban J connectivity index is 2.11. The normalized spacial score (nSPS) is 11.6. The molecule has 0 heterocycles. The van der Waals surface area contributed by atoms with Gasteiger partial charge in [0.25, 0.3) is 10.0 Å². The van der Waals surface area contributed by atoms with Gasteiger partial charge in [0.15, 0.2) is 0 Å². The first-order valence-electron chi connectivity index (χ1n) is 6.06. The van der Waals surface area contributed by atoms with E-state index in [1.807, 2.05) is 0 Å². The second-order valence-electron chi connectivity index (χ2n) is 4.20. The van der Waals surface area contributed by atoms with E-state index in [0.717, 1.165) is 5.56 Å². The lowest BCUT2D eigenvalue weighted by atomic mass is 10.2. The Morgan fingerprint density at radius 1 is 1.09 bits per heavy atom. The van der Waals surface area contributed by atoms with Gasteiger partial charge in [-0.25, -0.2) is 4.83 Å². The largest absolute Gasteiger partial charge is 0.497 e. The molecule has 5 nitrogen and oxygen atoms in total. The highest BCUT2D eigenvalue weighted by atomic mass is 35.5. The van der Waals surface area contributed by atoms with E-state index in [-0.39, 0.29) is 14.9 Å². The predicted molar refractivity (Wildman–Crippen MR) is 87.4 cm³/mol. The third-order valence-corrected chi connectivity index (χ3v) is 4.66. The molecule has 0 radical (unpaired) electrons. The van der Waals surface area contributed by atoms with Gasteiger partial charge in [-0.2, -0.15) is 13.5 Å². The average molecular weight is 359 g/mol. The van der Waals surface area contributed by atoms with E-state index in [0.29, 0.717) is 5.75 Å². The summed E-state index contributed by atoms with van der Waals surface area (Å²) in [5.74, 6) is 0.702. The molecule has 22 heavy (non-hydrogen) atoms. The number of halogens is 2. The minimum atomic E-state index is -3.80. The fourth-order valence-electron chi connectivity index (χ4n) is 1.56. The molecule has 0 bridgehead atoms. The molecule has 0 spiro atoms. The first-order chi connectivity index (χ1) is 10.4. The SMILES string of the molecule is COc1ccc(/C=N/NS(=O)(=O)c2ccc(Cl)c(Cl)c2)cc1. The van der Waals surface area contributed by atoms with E-state index in [9.17, 15) is 8.42 Å². The Bertz CT molecular complexity index is 790. The van der Waals surface area contributed by atoms with E-state index in [1.54, 1.807) is 31.4 Å². The summed E-state index contributed by atoms with van der Waals surface area (Å²) < 4.78 is 29.1. The van der Waals surface area contributed by atoms with E-state index in [1.165, 1.54) is 24.4 Å². The maximum absolute atomic E-state index is 12.0. The number of rotatable bonds is 5. The van der Waals surface area contributed by atoms with Crippen molar-refractivity contribution >= 4 is 39.4 Å². The number of hydrazone groups is 1. The molecule has 0 aliphatic heterocycles. The molecule has 1 N–H and O–H groups in total. The van der Waals surface area contributed by atoms with Crippen molar-refractivity contribution in [1.29, 1.82) is 0 Å². The maximum atomic E-state index is 12.0. The molecule has 0 saturated heterocycles. The van der Waals surface area contributed by atoms with Crippen LogP contribution >= 0.6 is 23.2 Å². The molecular weight excluding hydrogens is 347 g/mol. The lowest BCUT2D eigenvalue weighted by Gasteiger charge is -2.04. The van der Waals surface area contributed by atoms with E-state index in [4.69, 9.17) is 27.9 Å². The first-order valence-corrected chi connectivity index (χ1v) is 8.30. The van der Waals surface area contributed by atoms with Crippen LogP contribution in [-0.2, 0) is 10.0 Å². The standard InChI is InChI=1S/C14H12Cl2N2O3S/c1-21-11-4-2-10(3-5-11)9-17-18-22(19,20)12-6-7-13(15)14(16)8-12/h2-9,18H,1H3/b17-9+. The fraction of sp³-hybridized carbons (Fsp3) is 0.0714. The van der Waals surface area contributed by atoms with E-state index >= 15 is 0 Å². The molecule has 2 aromatic rings. The highest BCUT2D eigenvalue weighted by Gasteiger charge is 2.14. The van der Waals surface area contributed by atoms with Crippen molar-refractivity contribution < 1.29 is 13.2 Å². The molecule has 0 aliphatic rings. The third-order valence-electron chi connectivity index (χ3n) is 2.70. The number of ether oxygens (including phenoxy) is 1. The lowest BCUT2D eigenvalue weighted by Crippen LogP contribution is -2.18. The van der Waals surface area contributed by atoms with Crippen LogP contribution in [-0.4, -0.2) is 21.7 Å². The zero-order valence-electron chi connectivity index (χ0n) is 11.5. The highest BCUT2D eigenvalue weighted by Crippen LogP contribution is 2.24. The second kappa shape index (κ2) is 7.00. The molecule has 0 atom stereocenters. The smallest absolute Gasteiger partial charge is 0.276 e. The summed E-state index contributed by atoms with van der Waals surface area (Å²) in [6.07, 6.45) is 1.38. The molecule has 2 rings (SSSR count). The van der Waals surface area contributed by atoms with Crippen molar-refractivity contribution in [3.05, 3.63) is 58.1 Å². The summed E-state index contributed by atoms with van der Waals surface area (Å²) in [5, 5.41) is 4.15. The van der Waals surface area contributed by atoms with Crippen LogP contribution in [0.25, 0.3) is 0 Å². The molecular formula is C14H12Cl2N2O3S. The van der Waals surface area contributed by atoms with Crippen molar-refractivity contribution in [2.24, 2.45) is 5.10 Å². The highest BCUT2D eigenvalue weighted by molar-refractivity contribution is 7.89. The zero-order valence-corrected chi connectivity index (χ0v) is 13.8. The zero-order chi connectivity index (χ0) is 16.2. The number of benzene rings is 2. The van der Waals surface area contributed by atoms with Crippen LogP contribution in [0.1, 0.15) is 5.56 Å². The van der Waals surface area contributed by atoms with Crippen LogP contribution in [0.5, 0.6) is 5.75 Å². The van der Waals surface area contributed by atoms with Crippen molar-refractivity contribution in [2.75, 3.05) is 7.11 Å². The van der Waals surface area contributed by atoms with Gasteiger partial charge in [0, 0.05) is 0 Å². The third kappa shape index (κ3) is 4.13. The number of methoxy groups -OCH3 is 1. The van der Waals surface area contributed by atoms with E-state index < -0.39 is 10.0 Å². The Morgan fingerprint density at radius 2 is 1.77 bits per heavy atom. The van der Waals surface area contributed by atoms with Crippen LogP contribution in [0, 0.1) is 0 Å². The average Bonchev–Trinajstić information content (AvgIpc) is 2.50. The topological polar surface area (TPSA) is 67.8 Å². The lowest BCUT2D eigenvalue weighted by molar-refractivity contribution is 0.415. The Hall–Kier alpha value is -1.76. The molecule has 0 amide bonds. The minimum absolute atomic E-state index is 0.0196. The second-order valence-corrected chi connectivity index (χ2v) is 6.68. The number of hydrogen-bond acceptors (Lipinski definition) is 4. The molecule has 2 aromatic carbocycles. The minimum Gasteiger partial charge on any atom is -0.497 e. The monoisotopic (exact) mass is 358 g/mol. The van der Waals surface area contributed by atoms with Crippen molar-refractivity contribution in [2.45, 2.75) is 4.90 Å². The van der Waals surface area contributed by atoms with Crippen LogP contribution in [0.15, 0.2) is 52.5 Å². The van der Waals surface area contributed by atoms with Crippen LogP contribution in [0.4, 0.5) is 0 Å². The molecule has 0 fully saturated rings. The summed E-state index contributed by atoms with van der Waals surface area (Å²) in [4.78, 5) is 2.09. The van der Waals surface area contributed by atoms with Crippen LogP contribution < -0.4 is 9.57 Å². The van der Waals surface area contributed by atoms with Gasteiger partial charge in [0.2, 0.25) is 0 Å². The number of nitrogens with one attached hydrogen (secondary N) is 1. The van der Waals surface area contributed by atoms with E-state index in [2.05, 4.69) is 9.93 Å². The summed E-state index contributed by atoms with van der Waals surface area (Å²) in [6, 6.07) is 11.0. The summed E-state index contributed by atoms with van der Waals surface area (Å²) >= 11 is 11.6. The molecule has 0 aromatic heterocycles. The van der Waals surface area contributed by atoms with Gasteiger partial charge in [-0.05, 0) is 48.0 Å². The summed E-state index contributed by atoms with van der Waals surface area (Å²) in [5.41, 5.74) is 0.720. The maximum Gasteiger partial charge on any atom is 0.276 e. The van der Waals surface area contributed by atoms with Gasteiger partial charge in [-0.3, -0.25) is 0 Å². The number of nitrogens with zero attached hydrogens (tertiary/aromatic N) is 1. The quantitative estimate of drug-likeness (QED) is 0.658. The van der Waals surface area contributed by atoms with Crippen molar-refractivity contribution in [1.82, 2.24) is 4.83 Å². The van der Waals surface area contributed by atoms with Crippen LogP contribution in [0.2, 0.25) is 10.0 Å².